The molecule has 84 valence electrons. The Bertz CT molecular complexity index is 317. The molecular weight excluding hydrogens is 197 g/mol. The molecule has 1 atom stereocenters. The first-order valence-corrected chi connectivity index (χ1v) is 4.77. The van der Waals surface area contributed by atoms with Gasteiger partial charge >= 0.3 is 0 Å². The molecule has 0 amide bonds. The predicted molar refractivity (Wildman–Crippen MR) is 57.9 cm³/mol. The van der Waals surface area contributed by atoms with Crippen LogP contribution in [0.3, 0.4) is 0 Å². The second-order valence-electron chi connectivity index (χ2n) is 3.28. The number of rotatable bonds is 5. The van der Waals surface area contributed by atoms with Crippen LogP contribution >= 0.6 is 0 Å². The fraction of sp³-hybridized carbons (Fsp3) is 0.455. The summed E-state index contributed by atoms with van der Waals surface area (Å²) in [6, 6.07) is 4.76. The third kappa shape index (κ3) is 3.40. The van der Waals surface area contributed by atoms with Crippen LogP contribution in [0.4, 0.5) is 10.1 Å². The van der Waals surface area contributed by atoms with Gasteiger partial charge in [0.1, 0.15) is 0 Å². The van der Waals surface area contributed by atoms with Gasteiger partial charge in [-0.15, -0.1) is 0 Å². The van der Waals surface area contributed by atoms with Crippen molar-refractivity contribution in [1.29, 1.82) is 0 Å². The molecule has 1 N–H and O–H groups in total. The summed E-state index contributed by atoms with van der Waals surface area (Å²) in [5, 5.41) is 3.07. The van der Waals surface area contributed by atoms with Crippen LogP contribution in [0.2, 0.25) is 0 Å². The molecule has 1 unspecified atom stereocenters. The summed E-state index contributed by atoms with van der Waals surface area (Å²) in [5.41, 5.74) is 0.720. The Labute approximate surface area is 89.2 Å². The number of hydrogen-bond donors (Lipinski definition) is 1. The second-order valence-corrected chi connectivity index (χ2v) is 3.28. The number of ether oxygens (including phenoxy) is 2. The number of anilines is 1. The maximum atomic E-state index is 13.3. The molecule has 0 fully saturated rings. The summed E-state index contributed by atoms with van der Waals surface area (Å²) in [4.78, 5) is 0. The number of nitrogens with one attached hydrogen (secondary N) is 1. The minimum Gasteiger partial charge on any atom is -0.494 e. The van der Waals surface area contributed by atoms with Gasteiger partial charge < -0.3 is 14.8 Å². The van der Waals surface area contributed by atoms with E-state index in [-0.39, 0.29) is 17.7 Å². The third-order valence-corrected chi connectivity index (χ3v) is 2.15. The summed E-state index contributed by atoms with van der Waals surface area (Å²) < 4.78 is 23.1. The maximum Gasteiger partial charge on any atom is 0.167 e. The molecule has 0 aliphatic heterocycles. The van der Waals surface area contributed by atoms with Crippen LogP contribution in [0.15, 0.2) is 18.2 Å². The molecular formula is C11H16FNO2. The van der Waals surface area contributed by atoms with Crippen LogP contribution in [-0.4, -0.2) is 26.9 Å². The van der Waals surface area contributed by atoms with Gasteiger partial charge in [0.05, 0.1) is 13.2 Å². The van der Waals surface area contributed by atoms with Gasteiger partial charge in [0.25, 0.3) is 0 Å². The zero-order chi connectivity index (χ0) is 11.3. The van der Waals surface area contributed by atoms with Crippen LogP contribution in [0, 0.1) is 5.82 Å². The molecule has 0 aliphatic carbocycles. The van der Waals surface area contributed by atoms with E-state index >= 15 is 0 Å². The molecule has 1 aromatic rings. The molecule has 0 radical (unpaired) electrons. The van der Waals surface area contributed by atoms with Crippen LogP contribution in [0.1, 0.15) is 6.92 Å². The Hall–Kier alpha value is -1.29. The van der Waals surface area contributed by atoms with Crippen molar-refractivity contribution in [3.63, 3.8) is 0 Å². The number of benzene rings is 1. The van der Waals surface area contributed by atoms with Crippen molar-refractivity contribution in [2.24, 2.45) is 0 Å². The standard InChI is InChI=1S/C11H16FNO2/c1-8(14-2)7-13-9-4-5-11(15-3)10(12)6-9/h4-6,8,13H,7H2,1-3H3. The van der Waals surface area contributed by atoms with Crippen LogP contribution in [0.5, 0.6) is 5.75 Å². The van der Waals surface area contributed by atoms with Crippen molar-refractivity contribution in [3.05, 3.63) is 24.0 Å². The van der Waals surface area contributed by atoms with E-state index in [1.54, 1.807) is 19.2 Å². The maximum absolute atomic E-state index is 13.3. The van der Waals surface area contributed by atoms with E-state index in [0.29, 0.717) is 6.54 Å². The lowest BCUT2D eigenvalue weighted by Crippen LogP contribution is -2.18. The largest absolute Gasteiger partial charge is 0.494 e. The van der Waals surface area contributed by atoms with Gasteiger partial charge in [-0.25, -0.2) is 4.39 Å². The average molecular weight is 213 g/mol. The lowest BCUT2D eigenvalue weighted by molar-refractivity contribution is 0.129. The highest BCUT2D eigenvalue weighted by Crippen LogP contribution is 2.20. The Morgan fingerprint density at radius 3 is 2.67 bits per heavy atom. The molecule has 0 saturated carbocycles. The van der Waals surface area contributed by atoms with Gasteiger partial charge in [-0.2, -0.15) is 0 Å². The zero-order valence-corrected chi connectivity index (χ0v) is 9.21. The number of methoxy groups -OCH3 is 2. The minimum atomic E-state index is -0.368. The molecule has 0 aliphatic rings. The normalized spacial score (nSPS) is 12.3. The van der Waals surface area contributed by atoms with Crippen molar-refractivity contribution in [1.82, 2.24) is 0 Å². The topological polar surface area (TPSA) is 30.5 Å². The molecule has 0 saturated heterocycles. The minimum absolute atomic E-state index is 0.0927. The molecule has 1 aromatic carbocycles. The first-order valence-electron chi connectivity index (χ1n) is 4.77. The highest BCUT2D eigenvalue weighted by Gasteiger charge is 2.04. The summed E-state index contributed by atoms with van der Waals surface area (Å²) >= 11 is 0. The van der Waals surface area contributed by atoms with Gasteiger partial charge in [-0.1, -0.05) is 0 Å². The first kappa shape index (κ1) is 11.8. The van der Waals surface area contributed by atoms with E-state index in [1.165, 1.54) is 13.2 Å². The molecule has 1 rings (SSSR count). The summed E-state index contributed by atoms with van der Waals surface area (Å²) in [7, 11) is 3.08. The smallest absolute Gasteiger partial charge is 0.167 e. The Kier molecular flexibility index (Phi) is 4.37. The van der Waals surface area contributed by atoms with Gasteiger partial charge in [0.15, 0.2) is 11.6 Å². The summed E-state index contributed by atoms with van der Waals surface area (Å²) in [5.74, 6) is -0.118. The monoisotopic (exact) mass is 213 g/mol. The first-order chi connectivity index (χ1) is 7.17. The molecule has 0 aromatic heterocycles. The summed E-state index contributed by atoms with van der Waals surface area (Å²) in [6.07, 6.45) is 0.0927. The van der Waals surface area contributed by atoms with Crippen molar-refractivity contribution in [2.75, 3.05) is 26.1 Å². The van der Waals surface area contributed by atoms with Crippen LogP contribution < -0.4 is 10.1 Å². The third-order valence-electron chi connectivity index (χ3n) is 2.15. The highest BCUT2D eigenvalue weighted by atomic mass is 19.1. The van der Waals surface area contributed by atoms with E-state index < -0.39 is 0 Å². The van der Waals surface area contributed by atoms with Gasteiger partial charge in [0, 0.05) is 25.4 Å². The fourth-order valence-corrected chi connectivity index (χ4v) is 1.12. The molecule has 0 bridgehead atoms. The molecule has 0 heterocycles. The average Bonchev–Trinajstić information content (AvgIpc) is 2.26. The molecule has 15 heavy (non-hydrogen) atoms. The number of hydrogen-bond acceptors (Lipinski definition) is 3. The molecule has 4 heteroatoms. The van der Waals surface area contributed by atoms with Crippen molar-refractivity contribution >= 4 is 5.69 Å². The van der Waals surface area contributed by atoms with Crippen LogP contribution in [-0.2, 0) is 4.74 Å². The van der Waals surface area contributed by atoms with Gasteiger partial charge in [-0.3, -0.25) is 0 Å². The summed E-state index contributed by atoms with van der Waals surface area (Å²) in [6.45, 7) is 2.58. The van der Waals surface area contributed by atoms with E-state index in [2.05, 4.69) is 5.32 Å². The SMILES string of the molecule is COc1ccc(NCC(C)OC)cc1F. The van der Waals surface area contributed by atoms with E-state index in [9.17, 15) is 4.39 Å². The fourth-order valence-electron chi connectivity index (χ4n) is 1.12. The van der Waals surface area contributed by atoms with Crippen molar-refractivity contribution < 1.29 is 13.9 Å². The Morgan fingerprint density at radius 1 is 1.40 bits per heavy atom. The zero-order valence-electron chi connectivity index (χ0n) is 9.21. The Balaban J connectivity index is 2.59. The lowest BCUT2D eigenvalue weighted by Gasteiger charge is -2.12. The molecule has 3 nitrogen and oxygen atoms in total. The van der Waals surface area contributed by atoms with E-state index in [1.807, 2.05) is 6.92 Å². The molecule has 0 spiro atoms. The van der Waals surface area contributed by atoms with E-state index in [0.717, 1.165) is 5.69 Å². The predicted octanol–water partition coefficient (Wildman–Crippen LogP) is 2.28. The Morgan fingerprint density at radius 2 is 2.13 bits per heavy atom. The second kappa shape index (κ2) is 5.56. The number of halogens is 1. The van der Waals surface area contributed by atoms with Crippen LogP contribution in [0.25, 0.3) is 0 Å². The van der Waals surface area contributed by atoms with Gasteiger partial charge in [0.2, 0.25) is 0 Å². The quantitative estimate of drug-likeness (QED) is 0.814. The highest BCUT2D eigenvalue weighted by molar-refractivity contribution is 5.47. The van der Waals surface area contributed by atoms with Crippen molar-refractivity contribution in [3.8, 4) is 5.75 Å². The van der Waals surface area contributed by atoms with Gasteiger partial charge in [-0.05, 0) is 19.1 Å². The van der Waals surface area contributed by atoms with Crippen molar-refractivity contribution in [2.45, 2.75) is 13.0 Å². The lowest BCUT2D eigenvalue weighted by atomic mass is 10.2. The van der Waals surface area contributed by atoms with E-state index in [4.69, 9.17) is 9.47 Å².